The summed E-state index contributed by atoms with van der Waals surface area (Å²) in [6.07, 6.45) is 53.6. The van der Waals surface area contributed by atoms with Gasteiger partial charge in [-0.25, -0.2) is 14.4 Å². The van der Waals surface area contributed by atoms with Crippen molar-refractivity contribution in [3.63, 3.8) is 0 Å². The third-order valence-electron chi connectivity index (χ3n) is 16.6. The molecule has 85 heavy (non-hydrogen) atoms. The first-order valence-corrected chi connectivity index (χ1v) is 32.2. The summed E-state index contributed by atoms with van der Waals surface area (Å²) in [5.74, 6) is -2.40. The second-order valence-corrected chi connectivity index (χ2v) is 27.9. The molecule has 15 heteroatoms. The van der Waals surface area contributed by atoms with Gasteiger partial charge < -0.3 is 24.7 Å². The maximum Gasteiger partial charge on any atom is 0.338 e. The second kappa shape index (κ2) is 39.5. The lowest BCUT2D eigenvalue weighted by atomic mass is 9.75. The van der Waals surface area contributed by atoms with E-state index in [9.17, 15) is 43.2 Å². The Bertz CT molecular complexity index is 2280. The fraction of sp³-hybridized carbons (Fsp3) is 0.700. The Hall–Kier alpha value is -5.24. The van der Waals surface area contributed by atoms with Crippen LogP contribution in [0.5, 0.6) is 0 Å². The molecule has 2 N–H and O–H groups in total. The maximum atomic E-state index is 12.0. The smallest absolute Gasteiger partial charge is 0.338 e. The van der Waals surface area contributed by atoms with Crippen LogP contribution < -0.4 is 5.32 Å². The highest BCUT2D eigenvalue weighted by Gasteiger charge is 2.30. The quantitative estimate of drug-likeness (QED) is 0.0689. The molecule has 2 heterocycles. The highest BCUT2D eigenvalue weighted by atomic mass is 35.5. The largest absolute Gasteiger partial charge is 0.478 e. The average molecular weight is 1210 g/mol. The van der Waals surface area contributed by atoms with Gasteiger partial charge >= 0.3 is 23.9 Å². The molecule has 0 bridgehead atoms. The summed E-state index contributed by atoms with van der Waals surface area (Å²) >= 11 is 5.11. The van der Waals surface area contributed by atoms with Crippen LogP contribution >= 0.6 is 11.6 Å². The van der Waals surface area contributed by atoms with Crippen molar-refractivity contribution in [1.29, 1.82) is 0 Å². The van der Waals surface area contributed by atoms with Crippen molar-refractivity contribution in [2.24, 2.45) is 37.9 Å². The van der Waals surface area contributed by atoms with Gasteiger partial charge in [-0.1, -0.05) is 188 Å². The van der Waals surface area contributed by atoms with E-state index in [-0.39, 0.29) is 61.4 Å². The molecule has 0 spiro atoms. The number of nitrogens with one attached hydrogen (secondary N) is 1. The molecule has 3 amide bonds. The average Bonchev–Trinajstić information content (AvgIpc) is 3.63. The number of allylic oxidation sites excluding steroid dienone is 4. The Kier molecular flexibility index (Phi) is 36.2. The summed E-state index contributed by atoms with van der Waals surface area (Å²) in [5, 5.41) is 10.8. The molecule has 5 aliphatic carbocycles. The third kappa shape index (κ3) is 35.9. The van der Waals surface area contributed by atoms with Gasteiger partial charge in [0.15, 0.2) is 0 Å². The first-order chi connectivity index (χ1) is 39.7. The number of carboxylic acid groups (broad SMARTS) is 1. The predicted molar refractivity (Wildman–Crippen MR) is 341 cm³/mol. The number of carbonyl (C=O) groups excluding carboxylic acids is 8. The lowest BCUT2D eigenvalue weighted by Crippen LogP contribution is -2.37. The van der Waals surface area contributed by atoms with Crippen molar-refractivity contribution in [2.45, 2.75) is 256 Å². The lowest BCUT2D eigenvalue weighted by Gasteiger charge is -2.30. The molecule has 2 aliphatic heterocycles. The van der Waals surface area contributed by atoms with Gasteiger partial charge in [-0.05, 0) is 150 Å². The number of hydrogen-bond donors (Lipinski definition) is 2. The van der Waals surface area contributed by atoms with Gasteiger partial charge in [-0.2, -0.15) is 0 Å². The number of amides is 3. The van der Waals surface area contributed by atoms with E-state index in [0.29, 0.717) is 13.2 Å². The van der Waals surface area contributed by atoms with E-state index in [0.717, 1.165) is 77.0 Å². The number of ether oxygens (including phenoxy) is 2. The summed E-state index contributed by atoms with van der Waals surface area (Å²) in [6.45, 7) is 24.9. The zero-order chi connectivity index (χ0) is 64.2. The number of hydrogen-bond acceptors (Lipinski definition) is 11. The summed E-state index contributed by atoms with van der Waals surface area (Å²) in [7, 11) is 0. The summed E-state index contributed by atoms with van der Waals surface area (Å²) in [4.78, 5) is 100. The Balaban J connectivity index is 0.000000510. The molecular weight excluding hydrogens is 1100 g/mol. The van der Waals surface area contributed by atoms with Gasteiger partial charge in [0.05, 0.1) is 12.0 Å². The van der Waals surface area contributed by atoms with Gasteiger partial charge in [0.1, 0.15) is 6.29 Å². The highest BCUT2D eigenvalue weighted by Crippen LogP contribution is 2.40. The normalized spacial score (nSPS) is 21.1. The zero-order valence-corrected chi connectivity index (χ0v) is 55.2. The number of carboxylic acids is 1. The van der Waals surface area contributed by atoms with E-state index in [1.807, 2.05) is 43.4 Å². The number of halogens is 1. The fourth-order valence-electron chi connectivity index (χ4n) is 10.6. The SMILES string of the molecule is CC(C)(C)C(=O)Cl.CC1(/C=C/C(=O)N2CCC=CC2=O)CCCCC1.CC1(/C=C/C(=O)O)CCCCC1.CC1(/C=C/C(=O)OC(=O)C(C)(C)C)CCCCC1.CC1(C=O)CCCCC1.CCOC(=O)/C=C/C1(C)CCCCC1.O=C1C=CCCN1. The maximum absolute atomic E-state index is 12.0. The van der Waals surface area contributed by atoms with Crippen molar-refractivity contribution in [2.75, 3.05) is 19.7 Å². The predicted octanol–water partition coefficient (Wildman–Crippen LogP) is 16.1. The van der Waals surface area contributed by atoms with Crippen molar-refractivity contribution in [3.8, 4) is 0 Å². The van der Waals surface area contributed by atoms with E-state index in [2.05, 4.69) is 39.9 Å². The number of aliphatic carboxylic acids is 1. The van der Waals surface area contributed by atoms with E-state index in [1.165, 1.54) is 132 Å². The summed E-state index contributed by atoms with van der Waals surface area (Å²) in [5.41, 5.74) is -0.371. The minimum absolute atomic E-state index is 0.0336. The van der Waals surface area contributed by atoms with Crippen LogP contribution in [0.4, 0.5) is 0 Å². The van der Waals surface area contributed by atoms with Crippen LogP contribution in [0, 0.1) is 37.9 Å². The number of carbonyl (C=O) groups is 9. The lowest BCUT2D eigenvalue weighted by molar-refractivity contribution is -0.162. The molecular formula is C70H111ClN2O12. The number of rotatable bonds is 10. The van der Waals surface area contributed by atoms with E-state index >= 15 is 0 Å². The minimum atomic E-state index is -0.832. The Morgan fingerprint density at radius 2 is 0.918 bits per heavy atom. The van der Waals surface area contributed by atoms with Crippen LogP contribution in [0.1, 0.15) is 256 Å². The highest BCUT2D eigenvalue weighted by molar-refractivity contribution is 6.64. The number of imide groups is 1. The monoisotopic (exact) mass is 1210 g/mol. The Morgan fingerprint density at radius 3 is 1.21 bits per heavy atom. The zero-order valence-electron chi connectivity index (χ0n) is 54.5. The molecule has 5 saturated carbocycles. The molecule has 0 atom stereocenters. The standard InChI is InChI=1S/C15H21NO2.C15H24O3.C12H20O2.C10H16O2.C8H14O.C5H9ClO.C5H7NO/c1-15(9-4-2-5-10-15)11-8-14(18)16-12-6-3-7-13(16)17;1-14(2,3)13(17)18-12(16)8-11-15(4)9-6-5-7-10-15;1-3-14-11(13)7-10-12(2)8-5-4-6-9-12;1-10(8-5-9(11)12)6-3-2-4-7-10;1-8(7-9)5-3-2-4-6-8;1-5(2,3)4(6)7;7-5-3-1-2-4-6-5/h3,7-8,11H,2,4-6,9-10,12H2,1H3;8,11H,5-7,9-10H2,1-4H3;7,10H,3-6,8-9H2,1-2H3;5,8H,2-4,6-7H2,1H3,(H,11,12);7H,2-6H2,1H3;1-3H3;1,3H,2,4H2,(H,6,7)/b2*11-8+;10-7+;8-5+;;;. The van der Waals surface area contributed by atoms with Crippen molar-refractivity contribution in [1.82, 2.24) is 10.2 Å². The minimum Gasteiger partial charge on any atom is -0.478 e. The van der Waals surface area contributed by atoms with Crippen LogP contribution in [0.15, 0.2) is 72.9 Å². The molecule has 0 saturated heterocycles. The number of nitrogens with zero attached hydrogens (tertiary/aromatic N) is 1. The van der Waals surface area contributed by atoms with Crippen LogP contribution in [-0.2, 0) is 52.6 Å². The molecule has 14 nitrogen and oxygen atoms in total. The van der Waals surface area contributed by atoms with Crippen LogP contribution in [0.25, 0.3) is 0 Å². The molecule has 7 aliphatic rings. The van der Waals surface area contributed by atoms with E-state index < -0.39 is 23.3 Å². The topological polar surface area (TPSA) is 208 Å². The van der Waals surface area contributed by atoms with Gasteiger partial charge in [0.2, 0.25) is 11.1 Å². The van der Waals surface area contributed by atoms with Crippen LogP contribution in [0.2, 0.25) is 0 Å². The molecule has 480 valence electrons. The summed E-state index contributed by atoms with van der Waals surface area (Å²) in [6, 6.07) is 0. The number of aldehydes is 1. The molecule has 0 aromatic heterocycles. The summed E-state index contributed by atoms with van der Waals surface area (Å²) < 4.78 is 9.64. The van der Waals surface area contributed by atoms with Gasteiger partial charge in [-0.15, -0.1) is 0 Å². The number of esters is 3. The fourth-order valence-corrected chi connectivity index (χ4v) is 10.6. The van der Waals surface area contributed by atoms with Crippen molar-refractivity contribution in [3.05, 3.63) is 72.9 Å². The molecule has 0 aromatic carbocycles. The van der Waals surface area contributed by atoms with Crippen molar-refractivity contribution >= 4 is 64.7 Å². The van der Waals surface area contributed by atoms with E-state index in [1.54, 1.807) is 59.8 Å². The Morgan fingerprint density at radius 1 is 0.553 bits per heavy atom. The molecule has 5 fully saturated rings. The first kappa shape index (κ1) is 77.8. The third-order valence-corrected chi connectivity index (χ3v) is 17.2. The van der Waals surface area contributed by atoms with Crippen molar-refractivity contribution < 1.29 is 57.7 Å². The van der Waals surface area contributed by atoms with Crippen LogP contribution in [0.3, 0.4) is 0 Å². The molecule has 7 rings (SSSR count). The van der Waals surface area contributed by atoms with Gasteiger partial charge in [0.25, 0.3) is 11.8 Å². The van der Waals surface area contributed by atoms with Crippen LogP contribution in [-0.4, -0.2) is 82.8 Å². The second-order valence-electron chi connectivity index (χ2n) is 27.6. The molecule has 0 unspecified atom stereocenters. The molecule has 0 aromatic rings. The van der Waals surface area contributed by atoms with Gasteiger partial charge in [-0.3, -0.25) is 28.9 Å². The first-order valence-electron chi connectivity index (χ1n) is 31.8. The molecule has 0 radical (unpaired) electrons. The van der Waals surface area contributed by atoms with E-state index in [4.69, 9.17) is 26.2 Å². The Labute approximate surface area is 517 Å². The van der Waals surface area contributed by atoms with Gasteiger partial charge in [0, 0.05) is 48.2 Å².